The summed E-state index contributed by atoms with van der Waals surface area (Å²) in [7, 11) is 0. The van der Waals surface area contributed by atoms with Gasteiger partial charge in [0.05, 0.1) is 24.2 Å². The highest BCUT2D eigenvalue weighted by atomic mass is 16.5. The van der Waals surface area contributed by atoms with Crippen LogP contribution in [0, 0.1) is 0 Å². The third-order valence-electron chi connectivity index (χ3n) is 4.93. The van der Waals surface area contributed by atoms with E-state index in [1.54, 1.807) is 46.2 Å². The Morgan fingerprint density at radius 3 is 2.14 bits per heavy atom. The topological polar surface area (TPSA) is 87.2 Å². The first kappa shape index (κ1) is 20.4. The molecule has 0 spiro atoms. The molecule has 0 aliphatic carbocycles. The molecule has 2 aromatic carbocycles. The van der Waals surface area contributed by atoms with E-state index in [0.29, 0.717) is 49.7 Å². The van der Waals surface area contributed by atoms with E-state index in [-0.39, 0.29) is 23.8 Å². The van der Waals surface area contributed by atoms with Crippen molar-refractivity contribution in [3.05, 3.63) is 65.2 Å². The number of rotatable bonds is 6. The van der Waals surface area contributed by atoms with Gasteiger partial charge in [0.1, 0.15) is 5.75 Å². The lowest BCUT2D eigenvalue weighted by Crippen LogP contribution is -2.51. The summed E-state index contributed by atoms with van der Waals surface area (Å²) < 4.78 is 5.55. The van der Waals surface area contributed by atoms with Crippen LogP contribution in [0.2, 0.25) is 0 Å². The molecule has 1 heterocycles. The van der Waals surface area contributed by atoms with Gasteiger partial charge in [0.2, 0.25) is 5.91 Å². The van der Waals surface area contributed by atoms with Crippen molar-refractivity contribution in [1.29, 1.82) is 0 Å². The summed E-state index contributed by atoms with van der Waals surface area (Å²) in [4.78, 5) is 40.2. The number of ether oxygens (including phenoxy) is 1. The standard InChI is InChI=1S/C22H24N2O5/c1-2-29-19-10-6-5-9-18(19)21(26)24-13-11-23(12-14-24)20(25)15-16-7-3-4-8-17(16)22(27)28/h3-10H,2,11-15H2,1H3,(H,27,28). The number of piperazine rings is 1. The zero-order valence-corrected chi connectivity index (χ0v) is 16.3. The van der Waals surface area contributed by atoms with Gasteiger partial charge in [-0.15, -0.1) is 0 Å². The van der Waals surface area contributed by atoms with Crippen LogP contribution in [-0.2, 0) is 11.2 Å². The third kappa shape index (κ3) is 4.74. The van der Waals surface area contributed by atoms with Gasteiger partial charge in [-0.05, 0) is 30.7 Å². The van der Waals surface area contributed by atoms with E-state index in [1.165, 1.54) is 6.07 Å². The molecule has 0 atom stereocenters. The molecule has 7 heteroatoms. The Bertz CT molecular complexity index is 904. The summed E-state index contributed by atoms with van der Waals surface area (Å²) in [6.07, 6.45) is 0.0313. The number of carboxylic acids is 1. The maximum Gasteiger partial charge on any atom is 0.335 e. The fourth-order valence-electron chi connectivity index (χ4n) is 3.41. The molecule has 0 aromatic heterocycles. The van der Waals surface area contributed by atoms with E-state index in [1.807, 2.05) is 13.0 Å². The lowest BCUT2D eigenvalue weighted by molar-refractivity contribution is -0.131. The highest BCUT2D eigenvalue weighted by molar-refractivity contribution is 5.97. The molecule has 1 N–H and O–H groups in total. The predicted molar refractivity (Wildman–Crippen MR) is 107 cm³/mol. The van der Waals surface area contributed by atoms with Crippen LogP contribution in [0.5, 0.6) is 5.75 Å². The van der Waals surface area contributed by atoms with E-state index in [2.05, 4.69) is 0 Å². The minimum Gasteiger partial charge on any atom is -0.493 e. The molecule has 1 fully saturated rings. The van der Waals surface area contributed by atoms with Crippen molar-refractivity contribution in [1.82, 2.24) is 9.80 Å². The molecule has 1 saturated heterocycles. The molecule has 29 heavy (non-hydrogen) atoms. The average Bonchev–Trinajstić information content (AvgIpc) is 2.74. The van der Waals surface area contributed by atoms with E-state index in [4.69, 9.17) is 4.74 Å². The van der Waals surface area contributed by atoms with Gasteiger partial charge in [0.25, 0.3) is 5.91 Å². The number of amides is 2. The van der Waals surface area contributed by atoms with Crippen molar-refractivity contribution < 1.29 is 24.2 Å². The number of hydrogen-bond donors (Lipinski definition) is 1. The fourth-order valence-corrected chi connectivity index (χ4v) is 3.41. The minimum atomic E-state index is -1.04. The van der Waals surface area contributed by atoms with Crippen LogP contribution in [0.15, 0.2) is 48.5 Å². The second-order valence-corrected chi connectivity index (χ2v) is 6.74. The third-order valence-corrected chi connectivity index (χ3v) is 4.93. The maximum absolute atomic E-state index is 12.9. The summed E-state index contributed by atoms with van der Waals surface area (Å²) in [5.41, 5.74) is 1.15. The van der Waals surface area contributed by atoms with Crippen LogP contribution in [0.1, 0.15) is 33.2 Å². The quantitative estimate of drug-likeness (QED) is 0.810. The Hall–Kier alpha value is -3.35. The normalized spacial score (nSPS) is 13.8. The lowest BCUT2D eigenvalue weighted by Gasteiger charge is -2.35. The first-order chi connectivity index (χ1) is 14.0. The van der Waals surface area contributed by atoms with Crippen molar-refractivity contribution >= 4 is 17.8 Å². The van der Waals surface area contributed by atoms with Crippen LogP contribution in [-0.4, -0.2) is 65.5 Å². The van der Waals surface area contributed by atoms with Crippen LogP contribution in [0.25, 0.3) is 0 Å². The summed E-state index contributed by atoms with van der Waals surface area (Å²) in [5, 5.41) is 9.27. The van der Waals surface area contributed by atoms with Crippen molar-refractivity contribution in [2.24, 2.45) is 0 Å². The molecule has 152 valence electrons. The van der Waals surface area contributed by atoms with Gasteiger partial charge in [-0.1, -0.05) is 30.3 Å². The minimum absolute atomic E-state index is 0.0313. The number of benzene rings is 2. The lowest BCUT2D eigenvalue weighted by atomic mass is 10.0. The van der Waals surface area contributed by atoms with Crippen LogP contribution in [0.4, 0.5) is 0 Å². The number of para-hydroxylation sites is 1. The number of hydrogen-bond acceptors (Lipinski definition) is 4. The van der Waals surface area contributed by atoms with Gasteiger partial charge in [0, 0.05) is 26.2 Å². The zero-order chi connectivity index (χ0) is 20.8. The average molecular weight is 396 g/mol. The van der Waals surface area contributed by atoms with Gasteiger partial charge in [-0.3, -0.25) is 9.59 Å². The zero-order valence-electron chi connectivity index (χ0n) is 16.3. The smallest absolute Gasteiger partial charge is 0.335 e. The second-order valence-electron chi connectivity index (χ2n) is 6.74. The molecule has 0 radical (unpaired) electrons. The van der Waals surface area contributed by atoms with Crippen molar-refractivity contribution in [3.8, 4) is 5.75 Å². The molecule has 2 aromatic rings. The van der Waals surface area contributed by atoms with E-state index in [0.717, 1.165) is 0 Å². The van der Waals surface area contributed by atoms with E-state index >= 15 is 0 Å². The van der Waals surface area contributed by atoms with Crippen molar-refractivity contribution in [2.45, 2.75) is 13.3 Å². The molecule has 0 saturated carbocycles. The summed E-state index contributed by atoms with van der Waals surface area (Å²) in [6.45, 7) is 4.02. The van der Waals surface area contributed by atoms with Gasteiger partial charge in [-0.2, -0.15) is 0 Å². The molecule has 1 aliphatic rings. The van der Waals surface area contributed by atoms with Crippen LogP contribution >= 0.6 is 0 Å². The van der Waals surface area contributed by atoms with Crippen molar-refractivity contribution in [2.75, 3.05) is 32.8 Å². The Morgan fingerprint density at radius 1 is 0.897 bits per heavy atom. The molecule has 0 bridgehead atoms. The molecular formula is C22H24N2O5. The van der Waals surface area contributed by atoms with E-state index in [9.17, 15) is 19.5 Å². The Morgan fingerprint density at radius 2 is 1.48 bits per heavy atom. The number of carbonyl (C=O) groups is 3. The number of carboxylic acid groups (broad SMARTS) is 1. The van der Waals surface area contributed by atoms with Crippen LogP contribution < -0.4 is 4.74 Å². The molecule has 1 aliphatic heterocycles. The highest BCUT2D eigenvalue weighted by Gasteiger charge is 2.27. The van der Waals surface area contributed by atoms with Gasteiger partial charge in [-0.25, -0.2) is 4.79 Å². The van der Waals surface area contributed by atoms with E-state index < -0.39 is 5.97 Å². The maximum atomic E-state index is 12.9. The Labute approximate surface area is 169 Å². The number of carbonyl (C=O) groups excluding carboxylic acids is 2. The monoisotopic (exact) mass is 396 g/mol. The SMILES string of the molecule is CCOc1ccccc1C(=O)N1CCN(C(=O)Cc2ccccc2C(=O)O)CC1. The molecule has 0 unspecified atom stereocenters. The summed E-state index contributed by atoms with van der Waals surface area (Å²) in [6, 6.07) is 13.7. The van der Waals surface area contributed by atoms with Crippen LogP contribution in [0.3, 0.4) is 0 Å². The van der Waals surface area contributed by atoms with Gasteiger partial charge < -0.3 is 19.6 Å². The predicted octanol–water partition coefficient (Wildman–Crippen LogP) is 2.31. The highest BCUT2D eigenvalue weighted by Crippen LogP contribution is 2.21. The Balaban J connectivity index is 1.61. The first-order valence-electron chi connectivity index (χ1n) is 9.61. The first-order valence-corrected chi connectivity index (χ1v) is 9.61. The molecule has 7 nitrogen and oxygen atoms in total. The molecule has 3 rings (SSSR count). The number of aromatic carboxylic acids is 1. The summed E-state index contributed by atoms with van der Waals surface area (Å²) in [5.74, 6) is -0.738. The second kappa shape index (κ2) is 9.23. The summed E-state index contributed by atoms with van der Waals surface area (Å²) >= 11 is 0. The molecule has 2 amide bonds. The number of nitrogens with zero attached hydrogens (tertiary/aromatic N) is 2. The Kier molecular flexibility index (Phi) is 6.49. The fraction of sp³-hybridized carbons (Fsp3) is 0.318. The van der Waals surface area contributed by atoms with Crippen molar-refractivity contribution in [3.63, 3.8) is 0 Å². The largest absolute Gasteiger partial charge is 0.493 e. The molecular weight excluding hydrogens is 372 g/mol. The van der Waals surface area contributed by atoms with Gasteiger partial charge in [0.15, 0.2) is 0 Å². The van der Waals surface area contributed by atoms with Gasteiger partial charge >= 0.3 is 5.97 Å².